The van der Waals surface area contributed by atoms with E-state index in [4.69, 9.17) is 0 Å². The molecule has 0 nitrogen and oxygen atoms in total. The molecule has 0 spiro atoms. The van der Waals surface area contributed by atoms with Crippen molar-refractivity contribution in [3.8, 4) is 0 Å². The largest absolute Gasteiger partial charge is 0.0890 e. The van der Waals surface area contributed by atoms with E-state index >= 15 is 0 Å². The lowest BCUT2D eigenvalue weighted by atomic mass is 10.3. The summed E-state index contributed by atoms with van der Waals surface area (Å²) in [5, 5.41) is 0. The molecule has 0 saturated heterocycles. The van der Waals surface area contributed by atoms with Gasteiger partial charge in [0.25, 0.3) is 0 Å². The van der Waals surface area contributed by atoms with Crippen LogP contribution in [-0.2, 0) is 0 Å². The zero-order valence-corrected chi connectivity index (χ0v) is 7.11. The number of halogens is 1. The van der Waals surface area contributed by atoms with E-state index in [1.807, 2.05) is 0 Å². The van der Waals surface area contributed by atoms with Crippen LogP contribution < -0.4 is 0 Å². The summed E-state index contributed by atoms with van der Waals surface area (Å²) in [4.78, 5) is 0.630. The Labute approximate surface area is 60.1 Å². The summed E-state index contributed by atoms with van der Waals surface area (Å²) in [6, 6.07) is 0. The van der Waals surface area contributed by atoms with Crippen LogP contribution in [0.2, 0.25) is 0 Å². The molecule has 0 fully saturated rings. The van der Waals surface area contributed by atoms with E-state index in [1.165, 1.54) is 0 Å². The summed E-state index contributed by atoms with van der Waals surface area (Å²) >= 11 is 3.45. The quantitative estimate of drug-likeness (QED) is 0.459. The highest BCUT2D eigenvalue weighted by atomic mass is 79.9. The van der Waals surface area contributed by atoms with Crippen LogP contribution in [0.3, 0.4) is 0 Å². The molecule has 0 bridgehead atoms. The lowest BCUT2D eigenvalue weighted by Gasteiger charge is -1.92. The van der Waals surface area contributed by atoms with E-state index in [1.54, 1.807) is 0 Å². The van der Waals surface area contributed by atoms with Gasteiger partial charge in [-0.2, -0.15) is 0 Å². The Hall–Kier alpha value is 0.220. The van der Waals surface area contributed by atoms with Gasteiger partial charge < -0.3 is 0 Å². The molecule has 0 rings (SSSR count). The van der Waals surface area contributed by atoms with Crippen molar-refractivity contribution in [3.63, 3.8) is 0 Å². The van der Waals surface area contributed by atoms with Gasteiger partial charge in [0.15, 0.2) is 0 Å². The standard InChI is InChI=1S/C7H13Br/c1-3-4-5-6-7(2)8/h4-5,7H,3,6H2,1-2H3/b5-4-. The first kappa shape index (κ1) is 8.22. The number of alkyl halides is 1. The molecule has 48 valence electrons. The summed E-state index contributed by atoms with van der Waals surface area (Å²) < 4.78 is 0. The summed E-state index contributed by atoms with van der Waals surface area (Å²) in [6.07, 6.45) is 6.70. The van der Waals surface area contributed by atoms with E-state index in [0.29, 0.717) is 4.83 Å². The molecule has 0 heterocycles. The Morgan fingerprint density at radius 1 is 1.50 bits per heavy atom. The number of rotatable bonds is 3. The van der Waals surface area contributed by atoms with Gasteiger partial charge in [0.05, 0.1) is 0 Å². The lowest BCUT2D eigenvalue weighted by molar-refractivity contribution is 0.991. The number of hydrogen-bond donors (Lipinski definition) is 0. The highest BCUT2D eigenvalue weighted by Gasteiger charge is 1.86. The highest BCUT2D eigenvalue weighted by Crippen LogP contribution is 2.03. The summed E-state index contributed by atoms with van der Waals surface area (Å²) in [5.74, 6) is 0. The van der Waals surface area contributed by atoms with E-state index in [0.717, 1.165) is 12.8 Å². The van der Waals surface area contributed by atoms with Crippen molar-refractivity contribution < 1.29 is 0 Å². The molecule has 0 aliphatic rings. The minimum absolute atomic E-state index is 0.630. The molecular formula is C7H13Br. The maximum Gasteiger partial charge on any atom is 0.0152 e. The van der Waals surface area contributed by atoms with E-state index in [9.17, 15) is 0 Å². The van der Waals surface area contributed by atoms with E-state index < -0.39 is 0 Å². The molecule has 0 aliphatic heterocycles. The zero-order valence-electron chi connectivity index (χ0n) is 5.52. The second kappa shape index (κ2) is 5.36. The molecule has 0 aliphatic carbocycles. The van der Waals surface area contributed by atoms with Crippen molar-refractivity contribution in [3.05, 3.63) is 12.2 Å². The molecule has 0 aromatic rings. The topological polar surface area (TPSA) is 0 Å². The van der Waals surface area contributed by atoms with Gasteiger partial charge in [-0.15, -0.1) is 0 Å². The minimum Gasteiger partial charge on any atom is -0.0890 e. The molecule has 1 unspecified atom stereocenters. The maximum absolute atomic E-state index is 3.45. The molecule has 1 heteroatoms. The normalized spacial score (nSPS) is 14.9. The van der Waals surface area contributed by atoms with Gasteiger partial charge in [-0.05, 0) is 12.8 Å². The average molecular weight is 177 g/mol. The second-order valence-electron chi connectivity index (χ2n) is 1.90. The first-order chi connectivity index (χ1) is 3.77. The third kappa shape index (κ3) is 6.22. The Morgan fingerprint density at radius 2 is 2.12 bits per heavy atom. The van der Waals surface area contributed by atoms with Crippen molar-refractivity contribution in [2.45, 2.75) is 31.5 Å². The predicted octanol–water partition coefficient (Wildman–Crippen LogP) is 3.13. The molecule has 0 aromatic carbocycles. The number of hydrogen-bond acceptors (Lipinski definition) is 0. The summed E-state index contributed by atoms with van der Waals surface area (Å²) in [6.45, 7) is 4.30. The van der Waals surface area contributed by atoms with Gasteiger partial charge in [-0.3, -0.25) is 0 Å². The molecule has 1 atom stereocenters. The molecule has 0 radical (unpaired) electrons. The predicted molar refractivity (Wildman–Crippen MR) is 42.4 cm³/mol. The molecular weight excluding hydrogens is 164 g/mol. The van der Waals surface area contributed by atoms with Crippen LogP contribution in [0.1, 0.15) is 26.7 Å². The Kier molecular flexibility index (Phi) is 5.51. The van der Waals surface area contributed by atoms with Gasteiger partial charge >= 0.3 is 0 Å². The molecule has 0 saturated carbocycles. The second-order valence-corrected chi connectivity index (χ2v) is 3.46. The van der Waals surface area contributed by atoms with Crippen LogP contribution in [-0.4, -0.2) is 4.83 Å². The van der Waals surface area contributed by atoms with Crippen LogP contribution in [0.25, 0.3) is 0 Å². The Bertz CT molecular complexity index is 64.8. The van der Waals surface area contributed by atoms with E-state index in [2.05, 4.69) is 41.9 Å². The molecule has 0 amide bonds. The van der Waals surface area contributed by atoms with Crippen LogP contribution >= 0.6 is 15.9 Å². The van der Waals surface area contributed by atoms with Crippen LogP contribution in [0.5, 0.6) is 0 Å². The summed E-state index contributed by atoms with van der Waals surface area (Å²) in [5.41, 5.74) is 0. The smallest absolute Gasteiger partial charge is 0.0152 e. The van der Waals surface area contributed by atoms with Gasteiger partial charge in [-0.1, -0.05) is 41.9 Å². The van der Waals surface area contributed by atoms with Gasteiger partial charge in [0.2, 0.25) is 0 Å². The Morgan fingerprint density at radius 3 is 2.50 bits per heavy atom. The van der Waals surface area contributed by atoms with Gasteiger partial charge in [-0.25, -0.2) is 0 Å². The van der Waals surface area contributed by atoms with Crippen molar-refractivity contribution in [2.24, 2.45) is 0 Å². The SMILES string of the molecule is CC/C=C\CC(C)Br. The minimum atomic E-state index is 0.630. The fourth-order valence-corrected chi connectivity index (χ4v) is 0.666. The fraction of sp³-hybridized carbons (Fsp3) is 0.714. The van der Waals surface area contributed by atoms with Crippen LogP contribution in [0, 0.1) is 0 Å². The van der Waals surface area contributed by atoms with Gasteiger partial charge in [0, 0.05) is 4.83 Å². The van der Waals surface area contributed by atoms with Crippen molar-refractivity contribution in [1.82, 2.24) is 0 Å². The van der Waals surface area contributed by atoms with Crippen LogP contribution in [0.15, 0.2) is 12.2 Å². The number of allylic oxidation sites excluding steroid dienone is 2. The van der Waals surface area contributed by atoms with Crippen molar-refractivity contribution in [2.75, 3.05) is 0 Å². The zero-order chi connectivity index (χ0) is 6.41. The monoisotopic (exact) mass is 176 g/mol. The first-order valence-corrected chi connectivity index (χ1v) is 3.98. The lowest BCUT2D eigenvalue weighted by Crippen LogP contribution is -1.83. The summed E-state index contributed by atoms with van der Waals surface area (Å²) in [7, 11) is 0. The van der Waals surface area contributed by atoms with Crippen molar-refractivity contribution in [1.29, 1.82) is 0 Å². The first-order valence-electron chi connectivity index (χ1n) is 3.06. The maximum atomic E-state index is 3.45. The van der Waals surface area contributed by atoms with Crippen molar-refractivity contribution >= 4 is 15.9 Å². The fourth-order valence-electron chi connectivity index (χ4n) is 0.450. The molecule has 0 aromatic heterocycles. The average Bonchev–Trinajstić information content (AvgIpc) is 1.66. The van der Waals surface area contributed by atoms with Crippen LogP contribution in [0.4, 0.5) is 0 Å². The Balaban J connectivity index is 3.03. The third-order valence-corrected chi connectivity index (χ3v) is 1.24. The molecule has 8 heavy (non-hydrogen) atoms. The van der Waals surface area contributed by atoms with Gasteiger partial charge in [0.1, 0.15) is 0 Å². The van der Waals surface area contributed by atoms with E-state index in [-0.39, 0.29) is 0 Å². The highest BCUT2D eigenvalue weighted by molar-refractivity contribution is 9.09. The molecule has 0 N–H and O–H groups in total. The third-order valence-electron chi connectivity index (χ3n) is 0.863.